The van der Waals surface area contributed by atoms with Gasteiger partial charge in [-0.25, -0.2) is 8.42 Å². The highest BCUT2D eigenvalue weighted by molar-refractivity contribution is 7.92. The monoisotopic (exact) mass is 598 g/mol. The van der Waals surface area contributed by atoms with Crippen LogP contribution < -0.4 is 9.04 Å². The summed E-state index contributed by atoms with van der Waals surface area (Å²) in [6, 6.07) is 3.98. The number of sulfonamides is 1. The van der Waals surface area contributed by atoms with Crippen molar-refractivity contribution in [1.29, 1.82) is 0 Å². The molecule has 9 nitrogen and oxygen atoms in total. The van der Waals surface area contributed by atoms with Gasteiger partial charge in [-0.2, -0.15) is 26.3 Å². The molecule has 0 radical (unpaired) electrons. The fraction of sp³-hybridized carbons (Fsp3) is 0.458. The van der Waals surface area contributed by atoms with Crippen molar-refractivity contribution < 1.29 is 58.9 Å². The minimum Gasteiger partial charge on any atom is -0.486 e. The number of carbonyl (C=O) groups is 2. The van der Waals surface area contributed by atoms with Crippen LogP contribution in [-0.4, -0.2) is 54.9 Å². The molecule has 0 fully saturated rings. The number of carboxylic acid groups (broad SMARTS) is 1. The summed E-state index contributed by atoms with van der Waals surface area (Å²) in [5, 5.41) is 9.25. The van der Waals surface area contributed by atoms with E-state index in [0.29, 0.717) is 36.6 Å². The lowest BCUT2D eigenvalue weighted by molar-refractivity contribution is -0.257. The Bertz CT molecular complexity index is 1390. The first-order chi connectivity index (χ1) is 18.2. The van der Waals surface area contributed by atoms with E-state index in [4.69, 9.17) is 4.74 Å². The van der Waals surface area contributed by atoms with Gasteiger partial charge in [-0.1, -0.05) is 13.0 Å². The Morgan fingerprint density at radius 3 is 2.38 bits per heavy atom. The lowest BCUT2D eigenvalue weighted by Crippen LogP contribution is -2.45. The number of anilines is 1. The first-order valence-corrected chi connectivity index (χ1v) is 13.0. The third-order valence-corrected chi connectivity index (χ3v) is 7.77. The number of rotatable bonds is 8. The second kappa shape index (κ2) is 10.8. The van der Waals surface area contributed by atoms with E-state index in [0.717, 1.165) is 6.07 Å². The quantitative estimate of drug-likeness (QED) is 0.346. The topological polar surface area (TPSA) is 123 Å². The van der Waals surface area contributed by atoms with Crippen LogP contribution >= 0.6 is 0 Å². The molecule has 40 heavy (non-hydrogen) atoms. The van der Waals surface area contributed by atoms with Crippen molar-refractivity contribution in [1.82, 2.24) is 4.98 Å². The van der Waals surface area contributed by atoms with Crippen molar-refractivity contribution in [2.45, 2.75) is 62.6 Å². The number of aliphatic carboxylic acids is 1. The molecule has 0 spiro atoms. The molecule has 2 atom stereocenters. The minimum absolute atomic E-state index is 0.0186. The number of aromatic nitrogens is 1. The van der Waals surface area contributed by atoms with Gasteiger partial charge in [0.25, 0.3) is 10.0 Å². The first kappa shape index (κ1) is 31.0. The highest BCUT2D eigenvalue weighted by atomic mass is 32.2. The van der Waals surface area contributed by atoms with Crippen LogP contribution in [0.2, 0.25) is 0 Å². The smallest absolute Gasteiger partial charge is 0.427 e. The Morgan fingerprint density at radius 2 is 1.80 bits per heavy atom. The number of esters is 1. The molecule has 0 saturated heterocycles. The predicted molar refractivity (Wildman–Crippen MR) is 126 cm³/mol. The summed E-state index contributed by atoms with van der Waals surface area (Å²) in [7, 11) is -4.76. The Labute approximate surface area is 224 Å². The van der Waals surface area contributed by atoms with Crippen molar-refractivity contribution in [3.63, 3.8) is 0 Å². The fourth-order valence-electron chi connectivity index (χ4n) is 3.70. The number of carboxylic acids is 1. The van der Waals surface area contributed by atoms with Gasteiger partial charge < -0.3 is 14.6 Å². The van der Waals surface area contributed by atoms with E-state index in [1.54, 1.807) is 0 Å². The number of pyridine rings is 1. The Kier molecular flexibility index (Phi) is 8.35. The molecule has 0 bridgehead atoms. The zero-order valence-corrected chi connectivity index (χ0v) is 22.0. The predicted octanol–water partition coefficient (Wildman–Crippen LogP) is 4.59. The van der Waals surface area contributed by atoms with Crippen molar-refractivity contribution in [2.75, 3.05) is 10.8 Å². The maximum atomic E-state index is 13.6. The van der Waals surface area contributed by atoms with Crippen LogP contribution in [0.15, 0.2) is 41.6 Å². The molecule has 3 rings (SSSR count). The SMILES string of the molecule is C[C@H](C[C@H]1CN(S(=O)(=O)c2cncc(C(F)(F)F)c2)c2cc(CC(=O)OC(C)(C)C(F)(F)F)ccc2O1)C(=O)O. The molecule has 0 unspecified atom stereocenters. The molecule has 0 saturated carbocycles. The summed E-state index contributed by atoms with van der Waals surface area (Å²) in [5.41, 5.74) is -4.34. The largest absolute Gasteiger partial charge is 0.486 e. The van der Waals surface area contributed by atoms with Gasteiger partial charge in [0.15, 0.2) is 0 Å². The molecule has 16 heteroatoms. The van der Waals surface area contributed by atoms with Crippen LogP contribution in [0.5, 0.6) is 5.75 Å². The Morgan fingerprint density at radius 1 is 1.15 bits per heavy atom. The van der Waals surface area contributed by atoms with Gasteiger partial charge in [0.05, 0.1) is 30.1 Å². The Hall–Kier alpha value is -3.56. The average Bonchev–Trinajstić information content (AvgIpc) is 2.82. The van der Waals surface area contributed by atoms with Crippen LogP contribution in [0, 0.1) is 5.92 Å². The normalized spacial score (nSPS) is 17.0. The fourth-order valence-corrected chi connectivity index (χ4v) is 5.19. The summed E-state index contributed by atoms with van der Waals surface area (Å²) in [4.78, 5) is 26.2. The van der Waals surface area contributed by atoms with E-state index in [9.17, 15) is 49.5 Å². The van der Waals surface area contributed by atoms with Crippen LogP contribution in [0.4, 0.5) is 32.0 Å². The van der Waals surface area contributed by atoms with Gasteiger partial charge in [-0.05, 0) is 44.0 Å². The Balaban J connectivity index is 2.02. The second-order valence-electron chi connectivity index (χ2n) is 9.62. The maximum Gasteiger partial charge on any atom is 0.427 e. The number of ether oxygens (including phenoxy) is 2. The molecule has 2 heterocycles. The number of hydrogen-bond donors (Lipinski definition) is 1. The molecule has 0 amide bonds. The van der Waals surface area contributed by atoms with Gasteiger partial charge in [-0.15, -0.1) is 0 Å². The van der Waals surface area contributed by atoms with E-state index in [1.807, 2.05) is 0 Å². The lowest BCUT2D eigenvalue weighted by Gasteiger charge is -2.36. The number of halogens is 6. The molecule has 1 N–H and O–H groups in total. The van der Waals surface area contributed by atoms with Crippen molar-refractivity contribution >= 4 is 27.6 Å². The molecule has 1 aromatic carbocycles. The van der Waals surface area contributed by atoms with Gasteiger partial charge >= 0.3 is 24.3 Å². The molecule has 1 aromatic heterocycles. The average molecular weight is 599 g/mol. The standard InChI is InChI=1S/C24H24F6N2O7S/c1-13(21(34)35)6-16-12-32(40(36,37)17-9-15(10-31-11-17)23(25,26)27)18-7-14(4-5-19(18)38-16)8-20(33)39-22(2,3)24(28,29)30/h4-5,7,9-11,13,16H,6,8,12H2,1-3H3,(H,34,35)/t13-,16+/m1/s1. The van der Waals surface area contributed by atoms with Gasteiger partial charge in [0.2, 0.25) is 5.60 Å². The lowest BCUT2D eigenvalue weighted by atomic mass is 10.0. The van der Waals surface area contributed by atoms with Gasteiger partial charge in [0, 0.05) is 12.4 Å². The number of hydrogen-bond acceptors (Lipinski definition) is 7. The van der Waals surface area contributed by atoms with E-state index in [-0.39, 0.29) is 23.4 Å². The summed E-state index contributed by atoms with van der Waals surface area (Å²) >= 11 is 0. The highest BCUT2D eigenvalue weighted by Gasteiger charge is 2.50. The number of benzene rings is 1. The third kappa shape index (κ3) is 6.77. The van der Waals surface area contributed by atoms with Crippen molar-refractivity contribution in [2.24, 2.45) is 5.92 Å². The van der Waals surface area contributed by atoms with Crippen LogP contribution in [0.1, 0.15) is 38.3 Å². The zero-order chi connectivity index (χ0) is 30.3. The number of fused-ring (bicyclic) bond motifs is 1. The van der Waals surface area contributed by atoms with E-state index >= 15 is 0 Å². The number of nitrogens with zero attached hydrogens (tertiary/aromatic N) is 2. The molecule has 1 aliphatic rings. The molecule has 1 aliphatic heterocycles. The second-order valence-corrected chi connectivity index (χ2v) is 11.5. The molecule has 0 aliphatic carbocycles. The number of alkyl halides is 6. The molecule has 220 valence electrons. The van der Waals surface area contributed by atoms with E-state index < -0.39 is 75.4 Å². The summed E-state index contributed by atoms with van der Waals surface area (Å²) in [6.45, 7) is 2.15. The zero-order valence-electron chi connectivity index (χ0n) is 21.2. The molecular formula is C24H24F6N2O7S. The maximum absolute atomic E-state index is 13.6. The molecule has 2 aromatic rings. The van der Waals surface area contributed by atoms with Crippen LogP contribution in [0.3, 0.4) is 0 Å². The summed E-state index contributed by atoms with van der Waals surface area (Å²) in [6.07, 6.45) is -10.5. The van der Waals surface area contributed by atoms with Gasteiger partial charge in [-0.3, -0.25) is 18.9 Å². The van der Waals surface area contributed by atoms with Crippen LogP contribution in [-0.2, 0) is 36.9 Å². The highest BCUT2D eigenvalue weighted by Crippen LogP contribution is 2.40. The number of carbonyl (C=O) groups excluding carboxylic acids is 1. The minimum atomic E-state index is -4.90. The van der Waals surface area contributed by atoms with E-state index in [2.05, 4.69) is 9.72 Å². The summed E-state index contributed by atoms with van der Waals surface area (Å²) in [5.74, 6) is -3.55. The third-order valence-electron chi connectivity index (χ3n) is 6.02. The van der Waals surface area contributed by atoms with Crippen molar-refractivity contribution in [3.05, 3.63) is 47.8 Å². The molecular weight excluding hydrogens is 574 g/mol. The summed E-state index contributed by atoms with van der Waals surface area (Å²) < 4.78 is 117. The van der Waals surface area contributed by atoms with Crippen LogP contribution in [0.25, 0.3) is 0 Å². The van der Waals surface area contributed by atoms with Crippen molar-refractivity contribution in [3.8, 4) is 5.75 Å². The van der Waals surface area contributed by atoms with Gasteiger partial charge in [0.1, 0.15) is 16.7 Å². The first-order valence-electron chi connectivity index (χ1n) is 11.6. The van der Waals surface area contributed by atoms with E-state index in [1.165, 1.54) is 19.1 Å².